The lowest BCUT2D eigenvalue weighted by Gasteiger charge is -2.19. The minimum atomic E-state index is -1.47. The predicted molar refractivity (Wildman–Crippen MR) is 70.2 cm³/mol. The summed E-state index contributed by atoms with van der Waals surface area (Å²) in [5.41, 5.74) is 5.45. The topological polar surface area (TPSA) is 35.2 Å². The van der Waals surface area contributed by atoms with E-state index in [2.05, 4.69) is 31.8 Å². The number of benzene rings is 1. The van der Waals surface area contributed by atoms with Gasteiger partial charge in [0.25, 0.3) is 0 Å². The molecule has 2 nitrogen and oxygen atoms in total. The summed E-state index contributed by atoms with van der Waals surface area (Å²) in [7, 11) is -1.47. The molecule has 0 aromatic heterocycles. The Labute approximate surface area is 97.3 Å². The maximum absolute atomic E-state index is 5.87. The lowest BCUT2D eigenvalue weighted by molar-refractivity contribution is 0.557. The van der Waals surface area contributed by atoms with Crippen LogP contribution >= 0.6 is 11.8 Å². The van der Waals surface area contributed by atoms with E-state index in [4.69, 9.17) is 10.2 Å². The summed E-state index contributed by atoms with van der Waals surface area (Å²) in [4.78, 5) is 1.25. The first kappa shape index (κ1) is 12.6. The lowest BCUT2D eigenvalue weighted by Crippen LogP contribution is -2.29. The zero-order valence-corrected chi connectivity index (χ0v) is 11.4. The van der Waals surface area contributed by atoms with E-state index in [1.165, 1.54) is 4.90 Å². The molecule has 0 fully saturated rings. The summed E-state index contributed by atoms with van der Waals surface area (Å²) in [6.45, 7) is 7.27. The van der Waals surface area contributed by atoms with Crippen LogP contribution in [-0.2, 0) is 0 Å². The van der Waals surface area contributed by atoms with E-state index in [9.17, 15) is 0 Å². The van der Waals surface area contributed by atoms with Gasteiger partial charge in [-0.3, -0.25) is 0 Å². The maximum Gasteiger partial charge on any atom is 0.242 e. The predicted octanol–water partition coefficient (Wildman–Crippen LogP) is 2.95. The van der Waals surface area contributed by atoms with Crippen LogP contribution in [-0.4, -0.2) is 20.6 Å². The molecule has 2 N–H and O–H groups in total. The van der Waals surface area contributed by atoms with Crippen molar-refractivity contribution < 1.29 is 4.43 Å². The highest BCUT2D eigenvalue weighted by Crippen LogP contribution is 2.22. The van der Waals surface area contributed by atoms with Gasteiger partial charge in [-0.15, -0.1) is 11.8 Å². The van der Waals surface area contributed by atoms with Crippen LogP contribution in [0.1, 0.15) is 0 Å². The second kappa shape index (κ2) is 5.58. The Morgan fingerprint density at radius 3 is 2.27 bits per heavy atom. The number of hydrogen-bond donors (Lipinski definition) is 1. The molecule has 1 aromatic carbocycles. The van der Waals surface area contributed by atoms with Crippen LogP contribution in [0, 0.1) is 0 Å². The van der Waals surface area contributed by atoms with Gasteiger partial charge >= 0.3 is 0 Å². The molecule has 4 heteroatoms. The zero-order valence-electron chi connectivity index (χ0n) is 9.62. The van der Waals surface area contributed by atoms with Gasteiger partial charge < -0.3 is 10.2 Å². The first-order valence-electron chi connectivity index (χ1n) is 5.13. The molecule has 0 unspecified atom stereocenters. The first-order valence-corrected chi connectivity index (χ1v) is 9.52. The number of hydrogen-bond acceptors (Lipinski definition) is 3. The standard InChI is InChI=1S/C11H19NOSSi/c1-15(2,3)13-10-4-6-11(7-5-10)14-9-8-12/h4-7H,8-9,12H2,1-3H3. The van der Waals surface area contributed by atoms with E-state index in [1.807, 2.05) is 12.1 Å². The van der Waals surface area contributed by atoms with Gasteiger partial charge in [-0.25, -0.2) is 0 Å². The summed E-state index contributed by atoms with van der Waals surface area (Å²) in [5.74, 6) is 1.94. The van der Waals surface area contributed by atoms with Crippen molar-refractivity contribution in [2.75, 3.05) is 12.3 Å². The fourth-order valence-electron chi connectivity index (χ4n) is 1.13. The summed E-state index contributed by atoms with van der Waals surface area (Å²) >= 11 is 1.78. The van der Waals surface area contributed by atoms with E-state index in [0.29, 0.717) is 0 Å². The fourth-order valence-corrected chi connectivity index (χ4v) is 2.66. The molecule has 1 aromatic rings. The molecule has 0 spiro atoms. The quantitative estimate of drug-likeness (QED) is 0.636. The highest BCUT2D eigenvalue weighted by atomic mass is 32.2. The van der Waals surface area contributed by atoms with Crippen molar-refractivity contribution >= 4 is 20.1 Å². The van der Waals surface area contributed by atoms with Crippen LogP contribution in [0.25, 0.3) is 0 Å². The van der Waals surface area contributed by atoms with Gasteiger partial charge in [0.15, 0.2) is 0 Å². The monoisotopic (exact) mass is 241 g/mol. The molecule has 0 atom stereocenters. The average Bonchev–Trinajstić information content (AvgIpc) is 2.14. The normalized spacial score (nSPS) is 11.5. The molecular weight excluding hydrogens is 222 g/mol. The molecule has 1 rings (SSSR count). The third kappa shape index (κ3) is 5.25. The molecule has 0 saturated heterocycles. The molecule has 0 aliphatic heterocycles. The number of rotatable bonds is 5. The van der Waals surface area contributed by atoms with E-state index in [1.54, 1.807) is 11.8 Å². The van der Waals surface area contributed by atoms with Crippen molar-refractivity contribution in [2.24, 2.45) is 5.73 Å². The van der Waals surface area contributed by atoms with Gasteiger partial charge in [0.1, 0.15) is 5.75 Å². The Morgan fingerprint density at radius 2 is 1.80 bits per heavy atom. The third-order valence-corrected chi connectivity index (χ3v) is 3.53. The second-order valence-electron chi connectivity index (χ2n) is 4.32. The first-order chi connectivity index (χ1) is 7.01. The van der Waals surface area contributed by atoms with Gasteiger partial charge in [0.05, 0.1) is 0 Å². The highest BCUT2D eigenvalue weighted by molar-refractivity contribution is 7.99. The fraction of sp³-hybridized carbons (Fsp3) is 0.455. The Balaban J connectivity index is 2.56. The molecule has 84 valence electrons. The van der Waals surface area contributed by atoms with Crippen molar-refractivity contribution in [3.05, 3.63) is 24.3 Å². The SMILES string of the molecule is C[Si](C)(C)Oc1ccc(SCCN)cc1. The number of nitrogens with two attached hydrogens (primary N) is 1. The van der Waals surface area contributed by atoms with Gasteiger partial charge in [-0.05, 0) is 43.9 Å². The van der Waals surface area contributed by atoms with Crippen LogP contribution in [0.3, 0.4) is 0 Å². The van der Waals surface area contributed by atoms with Crippen LogP contribution in [0.5, 0.6) is 5.75 Å². The minimum absolute atomic E-state index is 0.720. The number of thioether (sulfide) groups is 1. The molecule has 0 bridgehead atoms. The van der Waals surface area contributed by atoms with E-state index >= 15 is 0 Å². The van der Waals surface area contributed by atoms with Gasteiger partial charge in [0, 0.05) is 17.2 Å². The summed E-state index contributed by atoms with van der Waals surface area (Å²) in [6, 6.07) is 8.26. The molecule has 0 saturated carbocycles. The molecule has 0 amide bonds. The van der Waals surface area contributed by atoms with Crippen molar-refractivity contribution in [2.45, 2.75) is 24.5 Å². The summed E-state index contributed by atoms with van der Waals surface area (Å²) in [5, 5.41) is 0. The lowest BCUT2D eigenvalue weighted by atomic mass is 10.3. The molecule has 0 heterocycles. The maximum atomic E-state index is 5.87. The Hall–Kier alpha value is -0.453. The van der Waals surface area contributed by atoms with Gasteiger partial charge in [-0.1, -0.05) is 0 Å². The highest BCUT2D eigenvalue weighted by Gasteiger charge is 2.15. The summed E-state index contributed by atoms with van der Waals surface area (Å²) < 4.78 is 5.87. The zero-order chi connectivity index (χ0) is 11.3. The van der Waals surface area contributed by atoms with E-state index in [0.717, 1.165) is 18.0 Å². The van der Waals surface area contributed by atoms with Crippen molar-refractivity contribution in [3.8, 4) is 5.75 Å². The van der Waals surface area contributed by atoms with E-state index in [-0.39, 0.29) is 0 Å². The van der Waals surface area contributed by atoms with Gasteiger partial charge in [0.2, 0.25) is 8.32 Å². The molecular formula is C11H19NOSSi. The average molecular weight is 241 g/mol. The van der Waals surface area contributed by atoms with Crippen LogP contribution in [0.15, 0.2) is 29.2 Å². The largest absolute Gasteiger partial charge is 0.544 e. The summed E-state index contributed by atoms with van der Waals surface area (Å²) in [6.07, 6.45) is 0. The molecule has 0 aliphatic carbocycles. The minimum Gasteiger partial charge on any atom is -0.544 e. The van der Waals surface area contributed by atoms with E-state index < -0.39 is 8.32 Å². The molecule has 0 radical (unpaired) electrons. The van der Waals surface area contributed by atoms with Crippen molar-refractivity contribution in [1.82, 2.24) is 0 Å². The van der Waals surface area contributed by atoms with Crippen LogP contribution in [0.2, 0.25) is 19.6 Å². The third-order valence-electron chi connectivity index (χ3n) is 1.63. The Bertz CT molecular complexity index is 294. The second-order valence-corrected chi connectivity index (χ2v) is 9.92. The Morgan fingerprint density at radius 1 is 1.20 bits per heavy atom. The Kier molecular flexibility index (Phi) is 4.69. The van der Waals surface area contributed by atoms with Gasteiger partial charge in [-0.2, -0.15) is 0 Å². The van der Waals surface area contributed by atoms with Crippen molar-refractivity contribution in [1.29, 1.82) is 0 Å². The molecule has 15 heavy (non-hydrogen) atoms. The smallest absolute Gasteiger partial charge is 0.242 e. The molecule has 0 aliphatic rings. The van der Waals surface area contributed by atoms with Crippen molar-refractivity contribution in [3.63, 3.8) is 0 Å². The van der Waals surface area contributed by atoms with Crippen LogP contribution in [0.4, 0.5) is 0 Å². The van der Waals surface area contributed by atoms with Crippen LogP contribution < -0.4 is 10.2 Å².